The van der Waals surface area contributed by atoms with Crippen LogP contribution in [0.5, 0.6) is 0 Å². The van der Waals surface area contributed by atoms with E-state index < -0.39 is 0 Å². The zero-order valence-corrected chi connectivity index (χ0v) is 7.54. The van der Waals surface area contributed by atoms with E-state index in [1.54, 1.807) is 0 Å². The van der Waals surface area contributed by atoms with Crippen molar-refractivity contribution in [3.05, 3.63) is 18.1 Å². The largest absolute Gasteiger partial charge is 0.382 e. The summed E-state index contributed by atoms with van der Waals surface area (Å²) in [7, 11) is 0. The molecule has 2 rings (SSSR count). The van der Waals surface area contributed by atoms with E-state index in [0.29, 0.717) is 5.82 Å². The van der Waals surface area contributed by atoms with Crippen molar-refractivity contribution in [1.82, 2.24) is 15.0 Å². The van der Waals surface area contributed by atoms with Crippen LogP contribution in [0.1, 0.15) is 18.9 Å². The molecule has 0 saturated heterocycles. The number of nitrogens with two attached hydrogens (primary N) is 1. The fourth-order valence-corrected chi connectivity index (χ4v) is 1.47. The summed E-state index contributed by atoms with van der Waals surface area (Å²) in [5.74, 6) is 0.521. The minimum Gasteiger partial charge on any atom is -0.382 e. The van der Waals surface area contributed by atoms with Crippen LogP contribution in [-0.2, 0) is 6.42 Å². The number of H-pyrrole nitrogens is 1. The van der Waals surface area contributed by atoms with E-state index in [0.717, 1.165) is 23.9 Å². The minimum absolute atomic E-state index is 0.521. The van der Waals surface area contributed by atoms with Crippen molar-refractivity contribution in [3.8, 4) is 0 Å². The SMILES string of the molecule is CCCc1c[nH]c2c(N)ncnc12. The van der Waals surface area contributed by atoms with Gasteiger partial charge in [-0.3, -0.25) is 0 Å². The zero-order chi connectivity index (χ0) is 9.26. The van der Waals surface area contributed by atoms with Crippen molar-refractivity contribution in [2.45, 2.75) is 19.8 Å². The molecule has 2 aromatic heterocycles. The molecule has 0 aromatic carbocycles. The van der Waals surface area contributed by atoms with Crippen molar-refractivity contribution < 1.29 is 0 Å². The average Bonchev–Trinajstić information content (AvgIpc) is 2.51. The van der Waals surface area contributed by atoms with E-state index in [-0.39, 0.29) is 0 Å². The van der Waals surface area contributed by atoms with Crippen LogP contribution in [0, 0.1) is 0 Å². The van der Waals surface area contributed by atoms with Gasteiger partial charge in [0.1, 0.15) is 11.8 Å². The topological polar surface area (TPSA) is 67.6 Å². The number of nitrogens with one attached hydrogen (secondary N) is 1. The van der Waals surface area contributed by atoms with Gasteiger partial charge in [0.15, 0.2) is 5.82 Å². The van der Waals surface area contributed by atoms with Crippen molar-refractivity contribution in [1.29, 1.82) is 0 Å². The van der Waals surface area contributed by atoms with Gasteiger partial charge in [-0.1, -0.05) is 13.3 Å². The monoisotopic (exact) mass is 176 g/mol. The molecule has 68 valence electrons. The predicted molar refractivity (Wildman–Crippen MR) is 52.3 cm³/mol. The van der Waals surface area contributed by atoms with Crippen molar-refractivity contribution in [2.75, 3.05) is 5.73 Å². The molecule has 0 unspecified atom stereocenters. The first-order valence-electron chi connectivity index (χ1n) is 4.39. The first-order valence-corrected chi connectivity index (χ1v) is 4.39. The van der Waals surface area contributed by atoms with E-state index in [1.807, 2.05) is 6.20 Å². The van der Waals surface area contributed by atoms with Crippen molar-refractivity contribution in [2.24, 2.45) is 0 Å². The fraction of sp³-hybridized carbons (Fsp3) is 0.333. The Bertz CT molecular complexity index is 418. The molecule has 0 atom stereocenters. The molecule has 0 aliphatic carbocycles. The second-order valence-electron chi connectivity index (χ2n) is 3.05. The Labute approximate surface area is 76.2 Å². The maximum absolute atomic E-state index is 5.68. The third kappa shape index (κ3) is 1.24. The molecule has 0 saturated carbocycles. The van der Waals surface area contributed by atoms with Gasteiger partial charge in [0.25, 0.3) is 0 Å². The molecule has 3 N–H and O–H groups in total. The summed E-state index contributed by atoms with van der Waals surface area (Å²) >= 11 is 0. The Morgan fingerprint density at radius 3 is 3.08 bits per heavy atom. The molecular weight excluding hydrogens is 164 g/mol. The highest BCUT2D eigenvalue weighted by atomic mass is 14.9. The van der Waals surface area contributed by atoms with Gasteiger partial charge < -0.3 is 10.7 Å². The number of fused-ring (bicyclic) bond motifs is 1. The van der Waals surface area contributed by atoms with Crippen LogP contribution in [-0.4, -0.2) is 15.0 Å². The molecule has 4 nitrogen and oxygen atoms in total. The van der Waals surface area contributed by atoms with Gasteiger partial charge in [0.05, 0.1) is 5.52 Å². The molecule has 0 spiro atoms. The summed E-state index contributed by atoms with van der Waals surface area (Å²) in [6.45, 7) is 2.14. The van der Waals surface area contributed by atoms with Crippen LogP contribution in [0.2, 0.25) is 0 Å². The number of nitrogens with zero attached hydrogens (tertiary/aromatic N) is 2. The average molecular weight is 176 g/mol. The van der Waals surface area contributed by atoms with Crippen LogP contribution < -0.4 is 5.73 Å². The van der Waals surface area contributed by atoms with Gasteiger partial charge in [-0.05, 0) is 12.0 Å². The van der Waals surface area contributed by atoms with Gasteiger partial charge in [-0.25, -0.2) is 9.97 Å². The maximum Gasteiger partial charge on any atom is 0.151 e. The molecule has 0 aliphatic heterocycles. The quantitative estimate of drug-likeness (QED) is 0.728. The Morgan fingerprint density at radius 2 is 2.31 bits per heavy atom. The molecule has 2 aromatic rings. The molecule has 0 amide bonds. The highest BCUT2D eigenvalue weighted by Crippen LogP contribution is 2.19. The van der Waals surface area contributed by atoms with Gasteiger partial charge in [0, 0.05) is 6.20 Å². The lowest BCUT2D eigenvalue weighted by Crippen LogP contribution is -1.92. The number of hydrogen-bond donors (Lipinski definition) is 2. The molecule has 0 radical (unpaired) electrons. The first-order chi connectivity index (χ1) is 6.33. The van der Waals surface area contributed by atoms with E-state index in [4.69, 9.17) is 5.73 Å². The van der Waals surface area contributed by atoms with Crippen LogP contribution in [0.3, 0.4) is 0 Å². The molecule has 13 heavy (non-hydrogen) atoms. The van der Waals surface area contributed by atoms with Crippen LogP contribution in [0.25, 0.3) is 11.0 Å². The number of rotatable bonds is 2. The predicted octanol–water partition coefficient (Wildman–Crippen LogP) is 1.49. The normalized spacial score (nSPS) is 10.8. The Kier molecular flexibility index (Phi) is 1.88. The lowest BCUT2D eigenvalue weighted by molar-refractivity contribution is 0.926. The Hall–Kier alpha value is -1.58. The minimum atomic E-state index is 0.521. The van der Waals surface area contributed by atoms with E-state index in [9.17, 15) is 0 Å². The van der Waals surface area contributed by atoms with Crippen molar-refractivity contribution in [3.63, 3.8) is 0 Å². The van der Waals surface area contributed by atoms with Crippen molar-refractivity contribution >= 4 is 16.9 Å². The number of nitrogen functional groups attached to an aromatic ring is 1. The standard InChI is InChI=1S/C9H12N4/c1-2-3-6-4-11-8-7(6)12-5-13-9(8)10/h4-5,11H,2-3H2,1H3,(H2,10,12,13). The third-order valence-corrected chi connectivity index (χ3v) is 2.09. The number of aromatic nitrogens is 3. The highest BCUT2D eigenvalue weighted by molar-refractivity contribution is 5.86. The molecule has 4 heteroatoms. The molecule has 0 bridgehead atoms. The molecule has 0 aliphatic rings. The second kappa shape index (κ2) is 3.05. The maximum atomic E-state index is 5.68. The lowest BCUT2D eigenvalue weighted by atomic mass is 10.2. The summed E-state index contributed by atoms with van der Waals surface area (Å²) in [6, 6.07) is 0. The van der Waals surface area contributed by atoms with Gasteiger partial charge >= 0.3 is 0 Å². The summed E-state index contributed by atoms with van der Waals surface area (Å²) < 4.78 is 0. The number of hydrogen-bond acceptors (Lipinski definition) is 3. The molecular formula is C9H12N4. The van der Waals surface area contributed by atoms with Gasteiger partial charge in [-0.2, -0.15) is 0 Å². The number of aromatic amines is 1. The van der Waals surface area contributed by atoms with Crippen LogP contribution in [0.15, 0.2) is 12.5 Å². The number of aryl methyl sites for hydroxylation is 1. The van der Waals surface area contributed by atoms with Gasteiger partial charge in [0.2, 0.25) is 0 Å². The lowest BCUT2D eigenvalue weighted by Gasteiger charge is -1.95. The van der Waals surface area contributed by atoms with Crippen LogP contribution in [0.4, 0.5) is 5.82 Å². The summed E-state index contributed by atoms with van der Waals surface area (Å²) in [5, 5.41) is 0. The fourth-order valence-electron chi connectivity index (χ4n) is 1.47. The van der Waals surface area contributed by atoms with E-state index in [1.165, 1.54) is 11.9 Å². The second-order valence-corrected chi connectivity index (χ2v) is 3.05. The Morgan fingerprint density at radius 1 is 1.46 bits per heavy atom. The summed E-state index contributed by atoms with van der Waals surface area (Å²) in [5.41, 5.74) is 8.70. The van der Waals surface area contributed by atoms with E-state index in [2.05, 4.69) is 21.9 Å². The van der Waals surface area contributed by atoms with Gasteiger partial charge in [-0.15, -0.1) is 0 Å². The van der Waals surface area contributed by atoms with Crippen LogP contribution >= 0.6 is 0 Å². The smallest absolute Gasteiger partial charge is 0.151 e. The summed E-state index contributed by atoms with van der Waals surface area (Å²) in [6.07, 6.45) is 5.59. The Balaban J connectivity index is 2.61. The third-order valence-electron chi connectivity index (χ3n) is 2.09. The number of anilines is 1. The van der Waals surface area contributed by atoms with E-state index >= 15 is 0 Å². The highest BCUT2D eigenvalue weighted by Gasteiger charge is 2.06. The zero-order valence-electron chi connectivity index (χ0n) is 7.54. The first kappa shape index (κ1) is 8.04. The summed E-state index contributed by atoms with van der Waals surface area (Å²) in [4.78, 5) is 11.2. The molecule has 0 fully saturated rings. The molecule has 2 heterocycles.